The molecule has 157 valence electrons. The zero-order valence-corrected chi connectivity index (χ0v) is 14.8. The SMILES string of the molecule is CO.Cc1[nH+]cc(CO)c(/C=N/NC(=N)N)c1[O-].O=[N+]([O-])[O-].O=[N+]([O-])[O-].[Cu+2]. The van der Waals surface area contributed by atoms with Gasteiger partial charge in [-0.2, -0.15) is 5.10 Å². The first-order valence-corrected chi connectivity index (χ1v) is 6.05. The molecule has 17 heteroatoms. The van der Waals surface area contributed by atoms with Gasteiger partial charge >= 0.3 is 17.1 Å². The van der Waals surface area contributed by atoms with E-state index in [4.69, 9.17) is 52.0 Å². The Morgan fingerprint density at radius 1 is 1.33 bits per heavy atom. The van der Waals surface area contributed by atoms with Crippen molar-refractivity contribution in [2.75, 3.05) is 7.11 Å². The van der Waals surface area contributed by atoms with Crippen LogP contribution in [0.25, 0.3) is 0 Å². The molecular formula is C10H17CuN7O9. The zero-order valence-electron chi connectivity index (χ0n) is 13.8. The van der Waals surface area contributed by atoms with Crippen LogP contribution >= 0.6 is 0 Å². The van der Waals surface area contributed by atoms with E-state index < -0.39 is 10.2 Å². The van der Waals surface area contributed by atoms with Crippen molar-refractivity contribution >= 4 is 12.2 Å². The van der Waals surface area contributed by atoms with Gasteiger partial charge in [0.15, 0.2) is 11.9 Å². The van der Waals surface area contributed by atoms with Crippen LogP contribution in [0.3, 0.4) is 0 Å². The van der Waals surface area contributed by atoms with Gasteiger partial charge in [0.1, 0.15) is 0 Å². The average Bonchev–Trinajstić information content (AvgIpc) is 2.52. The largest absolute Gasteiger partial charge is 2.00 e. The maximum atomic E-state index is 11.7. The summed E-state index contributed by atoms with van der Waals surface area (Å²) >= 11 is 0. The second-order valence-electron chi connectivity index (χ2n) is 3.57. The number of nitrogens with two attached hydrogens (primary N) is 1. The van der Waals surface area contributed by atoms with Crippen LogP contribution in [0.1, 0.15) is 16.8 Å². The third kappa shape index (κ3) is 20.7. The third-order valence-electron chi connectivity index (χ3n) is 1.94. The predicted octanol–water partition coefficient (Wildman–Crippen LogP) is -2.68. The second kappa shape index (κ2) is 19.1. The number of aromatic amines is 1. The van der Waals surface area contributed by atoms with Gasteiger partial charge in [-0.15, -0.1) is 0 Å². The number of H-pyrrole nitrogens is 1. The van der Waals surface area contributed by atoms with Gasteiger partial charge in [0.05, 0.1) is 23.0 Å². The minimum Gasteiger partial charge on any atom is -0.868 e. The minimum atomic E-state index is -1.75. The van der Waals surface area contributed by atoms with Crippen LogP contribution in [-0.2, 0) is 23.7 Å². The summed E-state index contributed by atoms with van der Waals surface area (Å²) < 4.78 is 0. The topological polar surface area (TPSA) is 284 Å². The number of nitrogens with zero attached hydrogens (tertiary/aromatic N) is 3. The predicted molar refractivity (Wildman–Crippen MR) is 84.6 cm³/mol. The van der Waals surface area contributed by atoms with E-state index in [1.165, 1.54) is 12.4 Å². The first kappa shape index (κ1) is 31.5. The van der Waals surface area contributed by atoms with Crippen molar-refractivity contribution in [3.63, 3.8) is 0 Å². The second-order valence-corrected chi connectivity index (χ2v) is 3.57. The Bertz CT molecular complexity index is 595. The van der Waals surface area contributed by atoms with Crippen molar-refractivity contribution in [2.45, 2.75) is 13.5 Å². The van der Waals surface area contributed by atoms with Gasteiger partial charge in [-0.05, 0) is 5.75 Å². The van der Waals surface area contributed by atoms with Crippen molar-refractivity contribution in [1.29, 1.82) is 5.41 Å². The van der Waals surface area contributed by atoms with Crippen molar-refractivity contribution in [1.82, 2.24) is 5.43 Å². The quantitative estimate of drug-likeness (QED) is 0.105. The molecule has 27 heavy (non-hydrogen) atoms. The average molecular weight is 443 g/mol. The van der Waals surface area contributed by atoms with Crippen molar-refractivity contribution in [2.24, 2.45) is 10.8 Å². The standard InChI is InChI=1S/C9H13N5O2.CH4O.Cu.2NO3/c1-5-8(16)7(3-13-14-9(10)11)6(4-15)2-12-5;1-2;;2*2-1(3)4/h2-3,15-16H,4H2,1H3,(H4,10,11,14);2H,1H3;;;/q;;+2;2*-1/b13-3+;;;;. The summed E-state index contributed by atoms with van der Waals surface area (Å²) in [4.78, 5) is 19.2. The molecule has 1 aromatic heterocycles. The summed E-state index contributed by atoms with van der Waals surface area (Å²) in [7, 11) is 1.00. The van der Waals surface area contributed by atoms with Crippen molar-refractivity contribution in [3.05, 3.63) is 53.7 Å². The Balaban J connectivity index is -0.000000202. The maximum absolute atomic E-state index is 11.7. The number of rotatable bonds is 3. The number of nitrogens with one attached hydrogen (secondary N) is 3. The van der Waals surface area contributed by atoms with Gasteiger partial charge in [-0.1, -0.05) is 0 Å². The number of hydrogen-bond donors (Lipinski definition) is 5. The number of pyridine rings is 1. The number of guanidine groups is 1. The summed E-state index contributed by atoms with van der Waals surface area (Å²) in [5, 5.41) is 67.7. The summed E-state index contributed by atoms with van der Waals surface area (Å²) in [6, 6.07) is 0. The van der Waals surface area contributed by atoms with Crippen molar-refractivity contribution in [3.8, 4) is 5.75 Å². The van der Waals surface area contributed by atoms with Gasteiger partial charge in [0, 0.05) is 25.2 Å². The van der Waals surface area contributed by atoms with Gasteiger partial charge < -0.3 is 51.7 Å². The molecule has 0 bridgehead atoms. The molecule has 1 aromatic rings. The number of aryl methyl sites for hydroxylation is 1. The van der Waals surface area contributed by atoms with E-state index >= 15 is 0 Å². The molecule has 0 amide bonds. The zero-order chi connectivity index (χ0) is 21.3. The van der Waals surface area contributed by atoms with E-state index in [-0.39, 0.29) is 40.9 Å². The number of hydrogen-bond acceptors (Lipinski definition) is 11. The molecular weight excluding hydrogens is 426 g/mol. The van der Waals surface area contributed by atoms with Gasteiger partial charge in [0.25, 0.3) is 0 Å². The third-order valence-corrected chi connectivity index (χ3v) is 1.94. The number of hydrazone groups is 1. The monoisotopic (exact) mass is 442 g/mol. The first-order valence-electron chi connectivity index (χ1n) is 6.05. The molecule has 1 rings (SSSR count). The van der Waals surface area contributed by atoms with E-state index in [9.17, 15) is 5.11 Å². The van der Waals surface area contributed by atoms with E-state index in [1.807, 2.05) is 0 Å². The molecule has 0 atom stereocenters. The van der Waals surface area contributed by atoms with E-state index in [0.717, 1.165) is 7.11 Å². The Morgan fingerprint density at radius 3 is 2.07 bits per heavy atom. The van der Waals surface area contributed by atoms with Crippen LogP contribution in [-0.4, -0.2) is 39.7 Å². The fourth-order valence-electron chi connectivity index (χ4n) is 1.13. The first-order chi connectivity index (χ1) is 12.0. The van der Waals surface area contributed by atoms with Crippen LogP contribution in [0.4, 0.5) is 0 Å². The molecule has 7 N–H and O–H groups in total. The van der Waals surface area contributed by atoms with Crippen LogP contribution < -0.4 is 21.2 Å². The van der Waals surface area contributed by atoms with Crippen molar-refractivity contribution < 1.29 is 47.5 Å². The molecule has 0 aliphatic heterocycles. The summed E-state index contributed by atoms with van der Waals surface area (Å²) in [5.74, 6) is -0.575. The Labute approximate surface area is 162 Å². The molecule has 0 spiro atoms. The molecule has 0 unspecified atom stereocenters. The Hall–Kier alpha value is -3.27. The molecule has 0 saturated heterocycles. The van der Waals surface area contributed by atoms with Crippen LogP contribution in [0, 0.1) is 43.0 Å². The molecule has 0 aromatic carbocycles. The molecule has 1 heterocycles. The molecule has 1 radical (unpaired) electrons. The molecule has 0 fully saturated rings. The van der Waals surface area contributed by atoms with Gasteiger partial charge in [0.2, 0.25) is 5.96 Å². The summed E-state index contributed by atoms with van der Waals surface area (Å²) in [5.41, 5.74) is 8.36. The maximum Gasteiger partial charge on any atom is 2.00 e. The molecule has 0 aliphatic rings. The number of aromatic nitrogens is 1. The number of aliphatic hydroxyl groups excluding tert-OH is 2. The fourth-order valence-corrected chi connectivity index (χ4v) is 1.13. The fraction of sp³-hybridized carbons (Fsp3) is 0.300. The molecule has 16 nitrogen and oxygen atoms in total. The minimum absolute atomic E-state index is 0. The van der Waals surface area contributed by atoms with E-state index in [1.54, 1.807) is 6.92 Å². The summed E-state index contributed by atoms with van der Waals surface area (Å²) in [6.45, 7) is 1.35. The van der Waals surface area contributed by atoms with Gasteiger partial charge in [-0.25, -0.2) is 10.4 Å². The molecule has 0 aliphatic carbocycles. The van der Waals surface area contributed by atoms with E-state index in [2.05, 4.69) is 15.5 Å². The summed E-state index contributed by atoms with van der Waals surface area (Å²) in [6.07, 6.45) is 2.77. The smallest absolute Gasteiger partial charge is 0.868 e. The Morgan fingerprint density at radius 2 is 1.74 bits per heavy atom. The van der Waals surface area contributed by atoms with Crippen LogP contribution in [0.2, 0.25) is 0 Å². The van der Waals surface area contributed by atoms with Crippen LogP contribution in [0.15, 0.2) is 11.3 Å². The van der Waals surface area contributed by atoms with Crippen LogP contribution in [0.5, 0.6) is 5.75 Å². The van der Waals surface area contributed by atoms with E-state index in [0.29, 0.717) is 11.3 Å². The molecule has 0 saturated carbocycles. The number of aliphatic hydroxyl groups is 2. The Kier molecular flexibility index (Phi) is 22.2. The normalized spacial score (nSPS) is 8.30. The van der Waals surface area contributed by atoms with Gasteiger partial charge in [-0.3, -0.25) is 5.41 Å².